The van der Waals surface area contributed by atoms with Gasteiger partial charge in [-0.25, -0.2) is 9.13 Å². The zero-order chi connectivity index (χ0) is 24.0. The average Bonchev–Trinajstić information content (AvgIpc) is 3.21. The molecule has 0 saturated carbocycles. The topological polar surface area (TPSA) is 8.81 Å². The fourth-order valence-electron chi connectivity index (χ4n) is 5.24. The maximum Gasteiger partial charge on any atom is 0.258 e. The van der Waals surface area contributed by atoms with Crippen LogP contribution in [0.15, 0.2) is 12.4 Å². The van der Waals surface area contributed by atoms with Crippen molar-refractivity contribution >= 4 is 0 Å². The van der Waals surface area contributed by atoms with Crippen molar-refractivity contribution in [2.24, 2.45) is 0 Å². The summed E-state index contributed by atoms with van der Waals surface area (Å²) < 4.78 is 5.10. The molecule has 1 aromatic heterocycles. The van der Waals surface area contributed by atoms with E-state index in [1.54, 1.807) is 0 Å². The second-order valence-electron chi connectivity index (χ2n) is 10.9. The molecule has 0 radical (unpaired) electrons. The Morgan fingerprint density at radius 1 is 0.576 bits per heavy atom. The van der Waals surface area contributed by atoms with Crippen LogP contribution in [0.1, 0.15) is 174 Å². The lowest BCUT2D eigenvalue weighted by Crippen LogP contribution is -2.38. The first kappa shape index (κ1) is 30.2. The normalized spacial score (nSPS) is 11.7. The van der Waals surface area contributed by atoms with Gasteiger partial charge < -0.3 is 0 Å². The van der Waals surface area contributed by atoms with Gasteiger partial charge in [-0.3, -0.25) is 0 Å². The van der Waals surface area contributed by atoms with Crippen molar-refractivity contribution in [3.63, 3.8) is 0 Å². The molecular formula is C31H61N2+. The van der Waals surface area contributed by atoms with Gasteiger partial charge in [0, 0.05) is 0 Å². The molecule has 1 heterocycles. The second kappa shape index (κ2) is 21.7. The van der Waals surface area contributed by atoms with Crippen LogP contribution in [0.3, 0.4) is 0 Å². The van der Waals surface area contributed by atoms with E-state index < -0.39 is 0 Å². The molecule has 0 unspecified atom stereocenters. The lowest BCUT2D eigenvalue weighted by Gasteiger charge is -2.08. The summed E-state index contributed by atoms with van der Waals surface area (Å²) in [5.74, 6) is 2.15. The second-order valence-corrected chi connectivity index (χ2v) is 10.9. The molecule has 0 aromatic carbocycles. The highest BCUT2D eigenvalue weighted by Gasteiger charge is 2.19. The van der Waals surface area contributed by atoms with Crippen LogP contribution in [0.4, 0.5) is 0 Å². The lowest BCUT2D eigenvalue weighted by molar-refractivity contribution is -0.705. The molecule has 0 aliphatic heterocycles. The molecule has 2 nitrogen and oxygen atoms in total. The van der Waals surface area contributed by atoms with Gasteiger partial charge in [0.2, 0.25) is 0 Å². The average molecular weight is 462 g/mol. The van der Waals surface area contributed by atoms with Gasteiger partial charge in [0.05, 0.1) is 19.0 Å². The summed E-state index contributed by atoms with van der Waals surface area (Å²) in [4.78, 5) is 0. The summed E-state index contributed by atoms with van der Waals surface area (Å²) in [7, 11) is 0. The third kappa shape index (κ3) is 15.7. The summed E-state index contributed by atoms with van der Waals surface area (Å²) >= 11 is 0. The van der Waals surface area contributed by atoms with E-state index in [-0.39, 0.29) is 0 Å². The number of rotatable bonds is 24. The Kier molecular flexibility index (Phi) is 19.9. The van der Waals surface area contributed by atoms with Crippen molar-refractivity contribution in [3.05, 3.63) is 18.2 Å². The molecule has 0 atom stereocenters. The molecular weight excluding hydrogens is 400 g/mol. The first-order chi connectivity index (χ1) is 16.2. The number of aryl methyl sites for hydroxylation is 2. The van der Waals surface area contributed by atoms with Crippen LogP contribution < -0.4 is 4.57 Å². The lowest BCUT2D eigenvalue weighted by atomic mass is 10.0. The van der Waals surface area contributed by atoms with Crippen LogP contribution in [0.2, 0.25) is 0 Å². The molecule has 2 heteroatoms. The van der Waals surface area contributed by atoms with Gasteiger partial charge in [0.25, 0.3) is 5.82 Å². The smallest absolute Gasteiger partial charge is 0.234 e. The quantitative estimate of drug-likeness (QED) is 0.107. The molecule has 0 fully saturated rings. The highest BCUT2D eigenvalue weighted by atomic mass is 15.1. The molecule has 0 saturated heterocycles. The largest absolute Gasteiger partial charge is 0.258 e. The number of imidazole rings is 1. The van der Waals surface area contributed by atoms with E-state index >= 15 is 0 Å². The maximum atomic E-state index is 2.55. The van der Waals surface area contributed by atoms with Crippen molar-refractivity contribution in [2.45, 2.75) is 182 Å². The summed E-state index contributed by atoms with van der Waals surface area (Å²) in [6.07, 6.45) is 34.5. The predicted octanol–water partition coefficient (Wildman–Crippen LogP) is 10.1. The van der Waals surface area contributed by atoms with Gasteiger partial charge in [-0.15, -0.1) is 0 Å². The number of nitrogens with zero attached hydrogens (tertiary/aromatic N) is 2. The van der Waals surface area contributed by atoms with Gasteiger partial charge in [-0.05, 0) is 25.7 Å². The van der Waals surface area contributed by atoms with E-state index in [2.05, 4.69) is 49.2 Å². The number of hydrogen-bond donors (Lipinski definition) is 0. The molecule has 194 valence electrons. The van der Waals surface area contributed by atoms with Gasteiger partial charge in [0.1, 0.15) is 12.4 Å². The Labute approximate surface area is 208 Å². The van der Waals surface area contributed by atoms with Crippen molar-refractivity contribution in [1.82, 2.24) is 4.57 Å². The van der Waals surface area contributed by atoms with E-state index in [4.69, 9.17) is 0 Å². The van der Waals surface area contributed by atoms with E-state index in [1.807, 2.05) is 0 Å². The summed E-state index contributed by atoms with van der Waals surface area (Å²) in [6, 6.07) is 0. The number of aromatic nitrogens is 2. The van der Waals surface area contributed by atoms with Crippen LogP contribution in [-0.2, 0) is 13.1 Å². The summed E-state index contributed by atoms with van der Waals surface area (Å²) in [5, 5.41) is 0. The van der Waals surface area contributed by atoms with Crippen molar-refractivity contribution in [1.29, 1.82) is 0 Å². The Bertz CT molecular complexity index is 531. The predicted molar refractivity (Wildman–Crippen MR) is 147 cm³/mol. The maximum absolute atomic E-state index is 2.55. The monoisotopic (exact) mass is 461 g/mol. The van der Waals surface area contributed by atoms with Crippen LogP contribution in [0.5, 0.6) is 0 Å². The van der Waals surface area contributed by atoms with Gasteiger partial charge in [-0.1, -0.05) is 137 Å². The minimum atomic E-state index is 0.607. The molecule has 1 aromatic rings. The van der Waals surface area contributed by atoms with Gasteiger partial charge in [-0.2, -0.15) is 0 Å². The first-order valence-corrected chi connectivity index (χ1v) is 15.3. The van der Waals surface area contributed by atoms with Crippen LogP contribution >= 0.6 is 0 Å². The molecule has 0 spiro atoms. The van der Waals surface area contributed by atoms with E-state index in [0.29, 0.717) is 5.92 Å². The fraction of sp³-hybridized carbons (Fsp3) is 0.903. The Hall–Kier alpha value is -0.790. The number of hydrogen-bond acceptors (Lipinski definition) is 0. The molecule has 0 aliphatic rings. The Morgan fingerprint density at radius 2 is 0.970 bits per heavy atom. The van der Waals surface area contributed by atoms with Crippen molar-refractivity contribution in [2.75, 3.05) is 0 Å². The minimum Gasteiger partial charge on any atom is -0.234 e. The first-order valence-electron chi connectivity index (χ1n) is 15.3. The summed E-state index contributed by atoms with van der Waals surface area (Å²) in [5.41, 5.74) is 0. The van der Waals surface area contributed by atoms with Gasteiger partial charge >= 0.3 is 0 Å². The molecule has 1 rings (SSSR count). The molecule has 0 aliphatic carbocycles. The van der Waals surface area contributed by atoms with Gasteiger partial charge in [0.15, 0.2) is 0 Å². The third-order valence-corrected chi connectivity index (χ3v) is 7.29. The fourth-order valence-corrected chi connectivity index (χ4v) is 5.24. The van der Waals surface area contributed by atoms with Crippen molar-refractivity contribution in [3.8, 4) is 0 Å². The zero-order valence-corrected chi connectivity index (χ0v) is 23.4. The molecule has 33 heavy (non-hydrogen) atoms. The van der Waals surface area contributed by atoms with E-state index in [1.165, 1.54) is 154 Å². The Balaban J connectivity index is 2.10. The number of unbranched alkanes of at least 4 members (excludes halogenated alkanes) is 19. The van der Waals surface area contributed by atoms with Crippen molar-refractivity contribution < 1.29 is 4.57 Å². The molecule has 0 amide bonds. The highest BCUT2D eigenvalue weighted by Crippen LogP contribution is 2.15. The van der Waals surface area contributed by atoms with Crippen LogP contribution in [0, 0.1) is 0 Å². The van der Waals surface area contributed by atoms with Crippen LogP contribution in [-0.4, -0.2) is 4.57 Å². The SMILES string of the molecule is CCCCCCCCCCCCCCC[n+]1ccn(CCCCCCCCCC)c1C(C)C. The zero-order valence-electron chi connectivity index (χ0n) is 23.4. The van der Waals surface area contributed by atoms with Crippen LogP contribution in [0.25, 0.3) is 0 Å². The Morgan fingerprint density at radius 3 is 1.39 bits per heavy atom. The van der Waals surface area contributed by atoms with E-state index in [0.717, 1.165) is 0 Å². The van der Waals surface area contributed by atoms with E-state index in [9.17, 15) is 0 Å². The third-order valence-electron chi connectivity index (χ3n) is 7.29. The molecule has 0 N–H and O–H groups in total. The highest BCUT2D eigenvalue weighted by molar-refractivity contribution is 4.89. The molecule has 0 bridgehead atoms. The minimum absolute atomic E-state index is 0.607. The standard InChI is InChI=1S/C31H61N2/c1-5-7-9-11-13-15-16-17-18-19-21-23-25-27-33-29-28-32(31(33)30(3)4)26-24-22-20-14-12-10-8-6-2/h28-30H,5-27H2,1-4H3/q+1. The summed E-state index contributed by atoms with van der Waals surface area (Å²) in [6.45, 7) is 11.7.